The zero-order valence-electron chi connectivity index (χ0n) is 13.4. The second kappa shape index (κ2) is 7.37. The van der Waals surface area contributed by atoms with Gasteiger partial charge in [-0.15, -0.1) is 0 Å². The smallest absolute Gasteiger partial charge is 0.210 e. The molecule has 0 amide bonds. The molecule has 0 N–H and O–H groups in total. The maximum atomic E-state index is 13.1. The second-order valence-electron chi connectivity index (χ2n) is 6.04. The number of carbonyl (C=O) groups excluding carboxylic acids is 1. The van der Waals surface area contributed by atoms with Crippen molar-refractivity contribution >= 4 is 34.7 Å². The highest BCUT2D eigenvalue weighted by Crippen LogP contribution is 2.28. The lowest BCUT2D eigenvalue weighted by Crippen LogP contribution is -2.12. The first-order chi connectivity index (χ1) is 11.5. The van der Waals surface area contributed by atoms with Crippen molar-refractivity contribution < 1.29 is 4.79 Å². The number of benzene rings is 1. The molecule has 5 heteroatoms. The molecule has 0 bridgehead atoms. The van der Waals surface area contributed by atoms with E-state index in [4.69, 9.17) is 23.2 Å². The number of carbonyl (C=O) groups is 1. The van der Waals surface area contributed by atoms with E-state index in [1.807, 2.05) is 6.08 Å². The predicted molar refractivity (Wildman–Crippen MR) is 98.4 cm³/mol. The summed E-state index contributed by atoms with van der Waals surface area (Å²) in [4.78, 5) is 17.1. The predicted octanol–water partition coefficient (Wildman–Crippen LogP) is 5.66. The molecule has 0 radical (unpaired) electrons. The first-order valence-electron chi connectivity index (χ1n) is 7.92. The fourth-order valence-corrected chi connectivity index (χ4v) is 3.47. The number of nitrogens with zero attached hydrogens (tertiary/aromatic N) is 2. The molecule has 1 unspecified atom stereocenters. The van der Waals surface area contributed by atoms with Crippen LogP contribution in [0.5, 0.6) is 0 Å². The molecule has 1 atom stereocenters. The quantitative estimate of drug-likeness (QED) is 0.400. The van der Waals surface area contributed by atoms with Crippen LogP contribution in [0.2, 0.25) is 10.0 Å². The molecule has 1 heterocycles. The van der Waals surface area contributed by atoms with Crippen molar-refractivity contribution in [2.45, 2.75) is 26.2 Å². The van der Waals surface area contributed by atoms with E-state index in [2.05, 4.69) is 18.0 Å². The highest BCUT2D eigenvalue weighted by atomic mass is 35.5. The topological polar surface area (TPSA) is 34.9 Å². The number of hydrogen-bond donors (Lipinski definition) is 0. The Morgan fingerprint density at radius 1 is 1.38 bits per heavy atom. The molecule has 2 aromatic rings. The first-order valence-corrected chi connectivity index (χ1v) is 8.67. The van der Waals surface area contributed by atoms with Crippen LogP contribution in [-0.4, -0.2) is 15.3 Å². The fourth-order valence-electron chi connectivity index (χ4n) is 2.98. The van der Waals surface area contributed by atoms with E-state index in [1.165, 1.54) is 5.57 Å². The fraction of sp³-hybridized carbons (Fsp3) is 0.263. The van der Waals surface area contributed by atoms with Gasteiger partial charge in [0, 0.05) is 23.0 Å². The third-order valence-electron chi connectivity index (χ3n) is 4.17. The monoisotopic (exact) mass is 360 g/mol. The summed E-state index contributed by atoms with van der Waals surface area (Å²) < 4.78 is 1.74. The highest BCUT2D eigenvalue weighted by molar-refractivity contribution is 6.39. The van der Waals surface area contributed by atoms with Gasteiger partial charge in [0.05, 0.1) is 17.0 Å². The number of halogens is 2. The van der Waals surface area contributed by atoms with Gasteiger partial charge in [0.2, 0.25) is 5.78 Å². The summed E-state index contributed by atoms with van der Waals surface area (Å²) in [6.45, 7) is 2.13. The summed E-state index contributed by atoms with van der Waals surface area (Å²) in [5.74, 6) is 0.109. The van der Waals surface area contributed by atoms with E-state index >= 15 is 0 Å². The highest BCUT2D eigenvalue weighted by Gasteiger charge is 2.20. The number of allylic oxidation sites excluding steroid dienone is 4. The van der Waals surface area contributed by atoms with Gasteiger partial charge < -0.3 is 4.57 Å². The number of imidazole rings is 1. The number of ketones is 1. The molecule has 1 aliphatic rings. The van der Waals surface area contributed by atoms with Gasteiger partial charge in [-0.3, -0.25) is 4.79 Å². The van der Waals surface area contributed by atoms with Gasteiger partial charge in [0.15, 0.2) is 0 Å². The van der Waals surface area contributed by atoms with Crippen LogP contribution in [-0.2, 0) is 0 Å². The number of Topliss-reactive ketones (excluding diaryl/α,β-unsaturated/α-hetero) is 1. The minimum atomic E-state index is -0.133. The van der Waals surface area contributed by atoms with Crippen LogP contribution in [0.25, 0.3) is 5.70 Å². The average Bonchev–Trinajstić information content (AvgIpc) is 3.06. The van der Waals surface area contributed by atoms with Gasteiger partial charge in [-0.1, -0.05) is 34.9 Å². The molecular weight excluding hydrogens is 343 g/mol. The Hall–Kier alpha value is -1.84. The zero-order valence-corrected chi connectivity index (χ0v) is 14.9. The third-order valence-corrected chi connectivity index (χ3v) is 4.72. The molecule has 1 aliphatic carbocycles. The second-order valence-corrected chi connectivity index (χ2v) is 6.89. The SMILES string of the molecule is CC1=CC(/C=C(/C(=O)c2ccc(Cl)cc2Cl)n2ccnc2)CCC1. The summed E-state index contributed by atoms with van der Waals surface area (Å²) in [6, 6.07) is 4.93. The Balaban J connectivity index is 2.02. The van der Waals surface area contributed by atoms with Crippen LogP contribution in [0, 0.1) is 5.92 Å². The summed E-state index contributed by atoms with van der Waals surface area (Å²) in [5, 5.41) is 0.865. The lowest BCUT2D eigenvalue weighted by atomic mass is 9.90. The van der Waals surface area contributed by atoms with Gasteiger partial charge in [0.1, 0.15) is 0 Å². The molecule has 24 heavy (non-hydrogen) atoms. The van der Waals surface area contributed by atoms with E-state index in [0.29, 0.717) is 21.3 Å². The van der Waals surface area contributed by atoms with Crippen LogP contribution in [0.1, 0.15) is 36.5 Å². The molecule has 0 saturated heterocycles. The van der Waals surface area contributed by atoms with E-state index in [1.54, 1.807) is 41.5 Å². The maximum absolute atomic E-state index is 13.1. The molecule has 1 aromatic heterocycles. The van der Waals surface area contributed by atoms with Crippen molar-refractivity contribution in [1.82, 2.24) is 9.55 Å². The van der Waals surface area contributed by atoms with Crippen molar-refractivity contribution in [3.8, 4) is 0 Å². The van der Waals surface area contributed by atoms with Crippen molar-refractivity contribution in [3.63, 3.8) is 0 Å². The van der Waals surface area contributed by atoms with Gasteiger partial charge in [-0.2, -0.15) is 0 Å². The average molecular weight is 361 g/mol. The van der Waals surface area contributed by atoms with Gasteiger partial charge in [0.25, 0.3) is 0 Å². The van der Waals surface area contributed by atoms with Crippen molar-refractivity contribution in [3.05, 3.63) is 70.3 Å². The Morgan fingerprint density at radius 2 is 2.21 bits per heavy atom. The van der Waals surface area contributed by atoms with Crippen LogP contribution >= 0.6 is 23.2 Å². The number of hydrogen-bond acceptors (Lipinski definition) is 2. The number of rotatable bonds is 4. The molecule has 0 saturated carbocycles. The zero-order chi connectivity index (χ0) is 17.1. The lowest BCUT2D eigenvalue weighted by molar-refractivity contribution is 0.105. The van der Waals surface area contributed by atoms with Crippen molar-refractivity contribution in [1.29, 1.82) is 0 Å². The Morgan fingerprint density at radius 3 is 2.88 bits per heavy atom. The summed E-state index contributed by atoms with van der Waals surface area (Å²) in [5.41, 5.74) is 2.37. The Labute approximate surface area is 151 Å². The van der Waals surface area contributed by atoms with E-state index < -0.39 is 0 Å². The summed E-state index contributed by atoms with van der Waals surface area (Å²) >= 11 is 12.2. The van der Waals surface area contributed by atoms with Crippen LogP contribution < -0.4 is 0 Å². The minimum Gasteiger partial charge on any atom is -0.303 e. The van der Waals surface area contributed by atoms with E-state index in [9.17, 15) is 4.79 Å². The van der Waals surface area contributed by atoms with E-state index in [0.717, 1.165) is 19.3 Å². The first kappa shape index (κ1) is 17.0. The molecule has 0 spiro atoms. The molecule has 124 valence electrons. The largest absolute Gasteiger partial charge is 0.303 e. The standard InChI is InChI=1S/C19H18Cl2N2O/c1-13-3-2-4-14(9-13)10-18(23-8-7-22-12-23)19(24)16-6-5-15(20)11-17(16)21/h5-12,14H,2-4H2,1H3/b18-10-. The summed E-state index contributed by atoms with van der Waals surface area (Å²) in [7, 11) is 0. The van der Waals surface area contributed by atoms with Crippen LogP contribution in [0.3, 0.4) is 0 Å². The van der Waals surface area contributed by atoms with Gasteiger partial charge in [-0.05, 0) is 56.4 Å². The molecule has 3 rings (SSSR count). The lowest BCUT2D eigenvalue weighted by Gasteiger charge is -2.18. The Bertz CT molecular complexity index is 807. The number of aromatic nitrogens is 2. The molecule has 3 nitrogen and oxygen atoms in total. The van der Waals surface area contributed by atoms with Gasteiger partial charge in [-0.25, -0.2) is 4.98 Å². The molecule has 0 fully saturated rings. The normalized spacial score (nSPS) is 18.4. The van der Waals surface area contributed by atoms with Crippen LogP contribution in [0.15, 0.2) is 54.6 Å². The van der Waals surface area contributed by atoms with E-state index in [-0.39, 0.29) is 11.7 Å². The van der Waals surface area contributed by atoms with Crippen molar-refractivity contribution in [2.24, 2.45) is 5.92 Å². The minimum absolute atomic E-state index is 0.133. The van der Waals surface area contributed by atoms with Crippen LogP contribution in [0.4, 0.5) is 0 Å². The third kappa shape index (κ3) is 3.80. The van der Waals surface area contributed by atoms with Crippen molar-refractivity contribution in [2.75, 3.05) is 0 Å². The van der Waals surface area contributed by atoms with Gasteiger partial charge >= 0.3 is 0 Å². The maximum Gasteiger partial charge on any atom is 0.210 e. The molecular formula is C19H18Cl2N2O. The summed E-state index contributed by atoms with van der Waals surface area (Å²) in [6.07, 6.45) is 12.6. The Kier molecular flexibility index (Phi) is 5.22. The molecule has 1 aromatic carbocycles. The molecule has 0 aliphatic heterocycles.